The first-order valence-corrected chi connectivity index (χ1v) is 11.7. The van der Waals surface area contributed by atoms with Gasteiger partial charge in [0, 0.05) is 11.6 Å². The summed E-state index contributed by atoms with van der Waals surface area (Å²) in [6, 6.07) is 29.0. The van der Waals surface area contributed by atoms with Crippen LogP contribution in [0.5, 0.6) is 0 Å². The summed E-state index contributed by atoms with van der Waals surface area (Å²) in [5, 5.41) is 3.25. The predicted octanol–water partition coefficient (Wildman–Crippen LogP) is 5.62. The smallest absolute Gasteiger partial charge is 0.268 e. The van der Waals surface area contributed by atoms with Crippen LogP contribution in [0, 0.1) is 0 Å². The maximum Gasteiger partial charge on any atom is 0.268 e. The van der Waals surface area contributed by atoms with Crippen LogP contribution in [0.15, 0.2) is 102 Å². The van der Waals surface area contributed by atoms with Gasteiger partial charge in [0.2, 0.25) is 0 Å². The Morgan fingerprint density at radius 2 is 1.50 bits per heavy atom. The van der Waals surface area contributed by atoms with E-state index in [2.05, 4.69) is 30.3 Å². The number of fused-ring (bicyclic) bond motifs is 2. The van der Waals surface area contributed by atoms with Gasteiger partial charge in [-0.15, -0.1) is 12.4 Å². The molecule has 0 atom stereocenters. The molecule has 0 aliphatic carbocycles. The minimum atomic E-state index is -3.70. The number of hydrogen-bond donors (Lipinski definition) is 1. The molecule has 6 heteroatoms. The Morgan fingerprint density at radius 1 is 0.781 bits per heavy atom. The molecular weight excluding hydrogens is 440 g/mol. The zero-order chi connectivity index (χ0) is 21.4. The number of benzene rings is 4. The van der Waals surface area contributed by atoms with Crippen LogP contribution < -0.4 is 5.73 Å². The standard InChI is InChI=1S/C26H22N2O2S.ClH/c27-16-15-21-18-28(31(29,30)22-9-2-1-3-10-22)26-14-13-20(17-25(21)26)24-12-6-8-19-7-4-5-11-23(19)24;/h1-14,17-18H,15-16,27H2;1H. The van der Waals surface area contributed by atoms with E-state index in [1.165, 1.54) is 14.7 Å². The molecular formula is C26H23ClN2O2S. The molecule has 0 aliphatic heterocycles. The van der Waals surface area contributed by atoms with Crippen LogP contribution in [0.1, 0.15) is 5.56 Å². The molecule has 0 spiro atoms. The molecule has 0 amide bonds. The van der Waals surface area contributed by atoms with Crippen molar-refractivity contribution in [3.8, 4) is 11.1 Å². The van der Waals surface area contributed by atoms with Crippen molar-refractivity contribution in [2.75, 3.05) is 6.54 Å². The summed E-state index contributed by atoms with van der Waals surface area (Å²) >= 11 is 0. The van der Waals surface area contributed by atoms with Crippen LogP contribution in [-0.2, 0) is 16.4 Å². The number of aromatic nitrogens is 1. The van der Waals surface area contributed by atoms with Gasteiger partial charge in [-0.3, -0.25) is 0 Å². The van der Waals surface area contributed by atoms with E-state index in [4.69, 9.17) is 5.73 Å². The van der Waals surface area contributed by atoms with Crippen molar-refractivity contribution in [2.45, 2.75) is 11.3 Å². The molecule has 0 aliphatic rings. The van der Waals surface area contributed by atoms with E-state index in [1.807, 2.05) is 36.4 Å². The molecule has 1 heterocycles. The number of rotatable bonds is 5. The molecule has 0 unspecified atom stereocenters. The number of hydrogen-bond acceptors (Lipinski definition) is 3. The Morgan fingerprint density at radius 3 is 2.28 bits per heavy atom. The van der Waals surface area contributed by atoms with Crippen molar-refractivity contribution in [3.05, 3.63) is 103 Å². The van der Waals surface area contributed by atoms with Crippen molar-refractivity contribution in [1.82, 2.24) is 3.97 Å². The number of halogens is 1. The second-order valence-corrected chi connectivity index (χ2v) is 9.38. The first-order chi connectivity index (χ1) is 15.1. The van der Waals surface area contributed by atoms with Gasteiger partial charge in [-0.2, -0.15) is 0 Å². The second kappa shape index (κ2) is 8.79. The van der Waals surface area contributed by atoms with Crippen molar-refractivity contribution in [1.29, 1.82) is 0 Å². The van der Waals surface area contributed by atoms with Crippen LogP contribution in [0.4, 0.5) is 0 Å². The normalized spacial score (nSPS) is 11.5. The highest BCUT2D eigenvalue weighted by Gasteiger charge is 2.21. The molecule has 0 bridgehead atoms. The topological polar surface area (TPSA) is 65.1 Å². The van der Waals surface area contributed by atoms with Gasteiger partial charge in [0.15, 0.2) is 0 Å². The molecule has 5 aromatic rings. The van der Waals surface area contributed by atoms with Gasteiger partial charge < -0.3 is 5.73 Å². The maximum absolute atomic E-state index is 13.3. The molecule has 5 rings (SSSR count). The van der Waals surface area contributed by atoms with E-state index in [-0.39, 0.29) is 17.3 Å². The minimum Gasteiger partial charge on any atom is -0.330 e. The monoisotopic (exact) mass is 462 g/mol. The lowest BCUT2D eigenvalue weighted by Crippen LogP contribution is -2.11. The quantitative estimate of drug-likeness (QED) is 0.368. The molecule has 0 radical (unpaired) electrons. The molecule has 0 saturated heterocycles. The third-order valence-electron chi connectivity index (χ3n) is 5.67. The van der Waals surface area contributed by atoms with Gasteiger partial charge in [0.05, 0.1) is 10.4 Å². The molecule has 2 N–H and O–H groups in total. The van der Waals surface area contributed by atoms with Crippen molar-refractivity contribution in [3.63, 3.8) is 0 Å². The molecule has 32 heavy (non-hydrogen) atoms. The lowest BCUT2D eigenvalue weighted by atomic mass is 9.96. The second-order valence-electron chi connectivity index (χ2n) is 7.57. The minimum absolute atomic E-state index is 0. The Hall–Kier alpha value is -3.12. The average molecular weight is 463 g/mol. The summed E-state index contributed by atoms with van der Waals surface area (Å²) in [5.41, 5.74) is 9.61. The van der Waals surface area contributed by atoms with Gasteiger partial charge in [-0.1, -0.05) is 66.7 Å². The van der Waals surface area contributed by atoms with Gasteiger partial charge in [-0.05, 0) is 64.7 Å². The number of nitrogens with zero attached hydrogens (tertiary/aromatic N) is 1. The SMILES string of the molecule is Cl.NCCc1cn(S(=O)(=O)c2ccccc2)c2ccc(-c3cccc4ccccc34)cc12. The Balaban J connectivity index is 0.00000245. The van der Waals surface area contributed by atoms with Gasteiger partial charge in [0.25, 0.3) is 10.0 Å². The van der Waals surface area contributed by atoms with E-state index >= 15 is 0 Å². The lowest BCUT2D eigenvalue weighted by Gasteiger charge is -2.10. The summed E-state index contributed by atoms with van der Waals surface area (Å²) in [6.07, 6.45) is 2.32. The predicted molar refractivity (Wildman–Crippen MR) is 134 cm³/mol. The van der Waals surface area contributed by atoms with Crippen LogP contribution in [-0.4, -0.2) is 18.9 Å². The largest absolute Gasteiger partial charge is 0.330 e. The van der Waals surface area contributed by atoms with Gasteiger partial charge >= 0.3 is 0 Å². The lowest BCUT2D eigenvalue weighted by molar-refractivity contribution is 0.589. The van der Waals surface area contributed by atoms with Crippen molar-refractivity contribution >= 4 is 44.1 Å². The summed E-state index contributed by atoms with van der Waals surface area (Å²) in [5.74, 6) is 0. The van der Waals surface area contributed by atoms with Gasteiger partial charge in [-0.25, -0.2) is 12.4 Å². The van der Waals surface area contributed by atoms with E-state index in [0.717, 1.165) is 22.1 Å². The summed E-state index contributed by atoms with van der Waals surface area (Å²) < 4.78 is 28.0. The fourth-order valence-corrected chi connectivity index (χ4v) is 5.58. The summed E-state index contributed by atoms with van der Waals surface area (Å²) in [4.78, 5) is 0.268. The number of nitrogens with two attached hydrogens (primary N) is 1. The fourth-order valence-electron chi connectivity index (χ4n) is 4.17. The average Bonchev–Trinajstić information content (AvgIpc) is 3.18. The summed E-state index contributed by atoms with van der Waals surface area (Å²) in [7, 11) is -3.70. The summed E-state index contributed by atoms with van der Waals surface area (Å²) in [6.45, 7) is 0.447. The van der Waals surface area contributed by atoms with Crippen molar-refractivity contribution < 1.29 is 8.42 Å². The molecule has 0 saturated carbocycles. The Labute approximate surface area is 193 Å². The van der Waals surface area contributed by atoms with Crippen LogP contribution in [0.25, 0.3) is 32.8 Å². The first kappa shape index (κ1) is 22.1. The third kappa shape index (κ3) is 3.69. The molecule has 4 aromatic carbocycles. The van der Waals surface area contributed by atoms with E-state index in [1.54, 1.807) is 30.5 Å². The highest BCUT2D eigenvalue weighted by molar-refractivity contribution is 7.90. The highest BCUT2D eigenvalue weighted by atomic mass is 35.5. The van der Waals surface area contributed by atoms with E-state index < -0.39 is 10.0 Å². The Bertz CT molecular complexity index is 1500. The van der Waals surface area contributed by atoms with Crippen LogP contribution in [0.3, 0.4) is 0 Å². The third-order valence-corrected chi connectivity index (χ3v) is 7.36. The molecule has 1 aromatic heterocycles. The Kier molecular flexibility index (Phi) is 6.07. The highest BCUT2D eigenvalue weighted by Crippen LogP contribution is 2.33. The van der Waals surface area contributed by atoms with Crippen LogP contribution in [0.2, 0.25) is 0 Å². The maximum atomic E-state index is 13.3. The molecule has 4 nitrogen and oxygen atoms in total. The van der Waals surface area contributed by atoms with Crippen molar-refractivity contribution in [2.24, 2.45) is 5.73 Å². The van der Waals surface area contributed by atoms with Crippen LogP contribution >= 0.6 is 12.4 Å². The van der Waals surface area contributed by atoms with Gasteiger partial charge in [0.1, 0.15) is 0 Å². The fraction of sp³-hybridized carbons (Fsp3) is 0.0769. The van der Waals surface area contributed by atoms with E-state index in [9.17, 15) is 8.42 Å². The molecule has 162 valence electrons. The first-order valence-electron chi connectivity index (χ1n) is 10.2. The zero-order valence-electron chi connectivity index (χ0n) is 17.3. The van der Waals surface area contributed by atoms with E-state index in [0.29, 0.717) is 18.5 Å². The zero-order valence-corrected chi connectivity index (χ0v) is 18.9. The molecule has 0 fully saturated rings.